The maximum absolute atomic E-state index is 13.6. The van der Waals surface area contributed by atoms with Gasteiger partial charge in [-0.25, -0.2) is 27.8 Å². The van der Waals surface area contributed by atoms with Gasteiger partial charge in [0, 0.05) is 43.2 Å². The Morgan fingerprint density at radius 3 is 2.78 bits per heavy atom. The summed E-state index contributed by atoms with van der Waals surface area (Å²) in [4.78, 5) is 24.8. The van der Waals surface area contributed by atoms with E-state index in [9.17, 15) is 13.2 Å². The monoisotopic (exact) mass is 579 g/mol. The highest BCUT2D eigenvalue weighted by Crippen LogP contribution is 2.48. The van der Waals surface area contributed by atoms with Gasteiger partial charge in [-0.3, -0.25) is 4.79 Å². The van der Waals surface area contributed by atoms with E-state index in [1.165, 1.54) is 31.2 Å². The van der Waals surface area contributed by atoms with Crippen LogP contribution in [0.4, 0.5) is 11.6 Å². The Balaban J connectivity index is 1.34. The van der Waals surface area contributed by atoms with Crippen molar-refractivity contribution in [3.05, 3.63) is 48.3 Å². The number of hydrogen-bond acceptors (Lipinski definition) is 9. The van der Waals surface area contributed by atoms with Gasteiger partial charge in [0.25, 0.3) is 15.9 Å². The molecule has 12 heteroatoms. The van der Waals surface area contributed by atoms with E-state index in [1.54, 1.807) is 29.1 Å². The summed E-state index contributed by atoms with van der Waals surface area (Å²) >= 11 is 0. The number of pyridine rings is 2. The van der Waals surface area contributed by atoms with E-state index < -0.39 is 15.9 Å². The molecule has 1 saturated heterocycles. The molecule has 1 unspecified atom stereocenters. The first kappa shape index (κ1) is 27.5. The molecule has 2 aliphatic heterocycles. The molecule has 3 aromatic rings. The summed E-state index contributed by atoms with van der Waals surface area (Å²) in [6.45, 7) is 8.52. The first-order valence-electron chi connectivity index (χ1n) is 14.3. The number of hydrogen-bond donors (Lipinski definition) is 2. The Morgan fingerprint density at radius 2 is 1.98 bits per heavy atom. The van der Waals surface area contributed by atoms with Gasteiger partial charge < -0.3 is 15.0 Å². The number of amides is 1. The SMILES string of the molecule is CC1(CCOc2ccn(-c3ccc4c(n3)N3CC(CCCNc5cc(ccn5)S(=O)(=O)NC4=O)CC3(C)C)n2)CC1. The average molecular weight is 580 g/mol. The van der Waals surface area contributed by atoms with Crippen LogP contribution in [0.3, 0.4) is 0 Å². The minimum absolute atomic E-state index is 0.0359. The minimum atomic E-state index is -4.15. The van der Waals surface area contributed by atoms with Crippen molar-refractivity contribution < 1.29 is 17.9 Å². The largest absolute Gasteiger partial charge is 0.477 e. The Morgan fingerprint density at radius 1 is 1.15 bits per heavy atom. The second-order valence-electron chi connectivity index (χ2n) is 12.4. The lowest BCUT2D eigenvalue weighted by Gasteiger charge is -2.34. The molecular formula is C29H37N7O4S. The first-order valence-corrected chi connectivity index (χ1v) is 15.7. The molecule has 4 bridgehead atoms. The molecule has 2 fully saturated rings. The summed E-state index contributed by atoms with van der Waals surface area (Å²) in [7, 11) is -4.15. The van der Waals surface area contributed by atoms with Gasteiger partial charge in [-0.05, 0) is 81.9 Å². The van der Waals surface area contributed by atoms with E-state index in [4.69, 9.17) is 9.72 Å². The molecule has 1 amide bonds. The second kappa shape index (κ2) is 10.3. The molecule has 1 aliphatic carbocycles. The summed E-state index contributed by atoms with van der Waals surface area (Å²) in [6, 6.07) is 7.92. The summed E-state index contributed by atoms with van der Waals surface area (Å²) in [6.07, 6.45) is 9.49. The van der Waals surface area contributed by atoms with Crippen LogP contribution in [-0.4, -0.2) is 59.3 Å². The van der Waals surface area contributed by atoms with Crippen molar-refractivity contribution >= 4 is 27.6 Å². The molecule has 6 rings (SSSR count). The van der Waals surface area contributed by atoms with Crippen molar-refractivity contribution in [3.8, 4) is 11.7 Å². The number of rotatable bonds is 5. The molecule has 0 radical (unpaired) electrons. The highest BCUT2D eigenvalue weighted by Gasteiger charge is 2.41. The zero-order chi connectivity index (χ0) is 28.8. The third-order valence-corrected chi connectivity index (χ3v) is 9.87. The Bertz CT molecular complexity index is 1560. The predicted octanol–water partition coefficient (Wildman–Crippen LogP) is 4.16. The maximum atomic E-state index is 13.6. The van der Waals surface area contributed by atoms with E-state index in [1.807, 2.05) is 0 Å². The molecule has 41 heavy (non-hydrogen) atoms. The van der Waals surface area contributed by atoms with Crippen LogP contribution in [0.5, 0.6) is 5.88 Å². The van der Waals surface area contributed by atoms with E-state index >= 15 is 0 Å². The first-order chi connectivity index (χ1) is 19.5. The highest BCUT2D eigenvalue weighted by molar-refractivity contribution is 7.90. The van der Waals surface area contributed by atoms with Crippen molar-refractivity contribution in [3.63, 3.8) is 0 Å². The molecule has 3 aromatic heterocycles. The van der Waals surface area contributed by atoms with Crippen molar-refractivity contribution in [2.45, 2.75) is 69.7 Å². The number of anilines is 2. The number of nitrogens with zero attached hydrogens (tertiary/aromatic N) is 5. The van der Waals surface area contributed by atoms with Crippen LogP contribution in [0.2, 0.25) is 0 Å². The predicted molar refractivity (Wildman–Crippen MR) is 155 cm³/mol. The zero-order valence-electron chi connectivity index (χ0n) is 23.8. The van der Waals surface area contributed by atoms with Crippen LogP contribution < -0.4 is 19.7 Å². The molecule has 2 N–H and O–H groups in total. The fourth-order valence-electron chi connectivity index (χ4n) is 5.80. The van der Waals surface area contributed by atoms with Gasteiger partial charge in [-0.15, -0.1) is 5.10 Å². The molecule has 218 valence electrons. The third-order valence-electron chi connectivity index (χ3n) is 8.54. The standard InChI is InChI=1S/C29H37N7O4S/c1-28(2)18-20-5-4-13-30-23-17-21(8-14-31-23)41(38,39)34-27(37)22-6-7-24(32-26(22)35(28)19-20)36-15-9-25(33-36)40-16-12-29(3)10-11-29/h6-9,14-15,17,20H,4-5,10-13,16,18-19H2,1-3H3,(H,30,31)(H,34,37). The molecule has 0 spiro atoms. The van der Waals surface area contributed by atoms with Crippen molar-refractivity contribution in [2.75, 3.05) is 29.9 Å². The molecule has 5 heterocycles. The summed E-state index contributed by atoms with van der Waals surface area (Å²) in [5.41, 5.74) is 0.296. The number of sulfonamides is 1. The minimum Gasteiger partial charge on any atom is -0.477 e. The van der Waals surface area contributed by atoms with Crippen LogP contribution in [0, 0.1) is 11.3 Å². The molecule has 1 atom stereocenters. The van der Waals surface area contributed by atoms with Crippen LogP contribution in [0.15, 0.2) is 47.6 Å². The number of nitrogens with one attached hydrogen (secondary N) is 2. The Hall–Kier alpha value is -3.67. The maximum Gasteiger partial charge on any atom is 0.268 e. The van der Waals surface area contributed by atoms with E-state index in [2.05, 4.69) is 45.8 Å². The summed E-state index contributed by atoms with van der Waals surface area (Å²) in [5.74, 6) is 1.58. The quantitative estimate of drug-likeness (QED) is 0.457. The number of aromatic nitrogens is 4. The Kier molecular flexibility index (Phi) is 6.91. The van der Waals surface area contributed by atoms with Gasteiger partial charge in [-0.1, -0.05) is 6.92 Å². The number of fused-ring (bicyclic) bond motifs is 6. The summed E-state index contributed by atoms with van der Waals surface area (Å²) in [5, 5.41) is 7.78. The van der Waals surface area contributed by atoms with Crippen molar-refractivity contribution in [2.24, 2.45) is 11.3 Å². The van der Waals surface area contributed by atoms with Crippen LogP contribution in [0.1, 0.15) is 69.7 Å². The zero-order valence-corrected chi connectivity index (χ0v) is 24.6. The fourth-order valence-corrected chi connectivity index (χ4v) is 6.78. The molecule has 3 aliphatic rings. The Labute approximate surface area is 240 Å². The highest BCUT2D eigenvalue weighted by atomic mass is 32.2. The lowest BCUT2D eigenvalue weighted by atomic mass is 9.93. The normalized spacial score (nSPS) is 22.5. The topological polar surface area (TPSA) is 131 Å². The van der Waals surface area contributed by atoms with Gasteiger partial charge in [0.2, 0.25) is 5.88 Å². The lowest BCUT2D eigenvalue weighted by Crippen LogP contribution is -2.41. The second-order valence-corrected chi connectivity index (χ2v) is 14.1. The average Bonchev–Trinajstić information content (AvgIpc) is 3.33. The van der Waals surface area contributed by atoms with Gasteiger partial charge >= 0.3 is 0 Å². The van der Waals surface area contributed by atoms with Crippen molar-refractivity contribution in [1.82, 2.24) is 24.5 Å². The molecule has 11 nitrogen and oxygen atoms in total. The van der Waals surface area contributed by atoms with Crippen LogP contribution >= 0.6 is 0 Å². The molecular weight excluding hydrogens is 542 g/mol. The van der Waals surface area contributed by atoms with E-state index in [0.29, 0.717) is 54.4 Å². The van der Waals surface area contributed by atoms with Gasteiger partial charge in [0.1, 0.15) is 11.6 Å². The third kappa shape index (κ3) is 5.88. The van der Waals surface area contributed by atoms with E-state index in [0.717, 1.165) is 25.7 Å². The molecule has 0 aromatic carbocycles. The fraction of sp³-hybridized carbons (Fsp3) is 0.517. The number of carbonyl (C=O) groups excluding carboxylic acids is 1. The number of ether oxygens (including phenoxy) is 1. The van der Waals surface area contributed by atoms with Gasteiger partial charge in [0.15, 0.2) is 5.82 Å². The van der Waals surface area contributed by atoms with Crippen LogP contribution in [0.25, 0.3) is 5.82 Å². The smallest absolute Gasteiger partial charge is 0.268 e. The molecule has 1 saturated carbocycles. The van der Waals surface area contributed by atoms with Gasteiger partial charge in [-0.2, -0.15) is 0 Å². The van der Waals surface area contributed by atoms with Crippen molar-refractivity contribution in [1.29, 1.82) is 0 Å². The number of carbonyl (C=O) groups is 1. The summed E-state index contributed by atoms with van der Waals surface area (Å²) < 4.78 is 36.2. The lowest BCUT2D eigenvalue weighted by molar-refractivity contribution is 0.0981. The van der Waals surface area contributed by atoms with E-state index in [-0.39, 0.29) is 16.0 Å². The van der Waals surface area contributed by atoms with Gasteiger partial charge in [0.05, 0.1) is 17.1 Å². The van der Waals surface area contributed by atoms with Crippen LogP contribution in [-0.2, 0) is 10.0 Å².